The van der Waals surface area contributed by atoms with Gasteiger partial charge in [-0.3, -0.25) is 4.79 Å². The van der Waals surface area contributed by atoms with Crippen LogP contribution >= 0.6 is 0 Å². The SMILES string of the molecule is CCOC(=O)C(C)(CCCOc1cccc(CC)c1)NC. The lowest BCUT2D eigenvalue weighted by molar-refractivity contribution is -0.150. The van der Waals surface area contributed by atoms with Crippen LogP contribution in [-0.2, 0) is 16.0 Å². The van der Waals surface area contributed by atoms with E-state index in [0.29, 0.717) is 19.6 Å². The Labute approximate surface area is 127 Å². The number of benzene rings is 1. The van der Waals surface area contributed by atoms with Gasteiger partial charge in [-0.05, 0) is 57.9 Å². The van der Waals surface area contributed by atoms with Crippen LogP contribution in [0.2, 0.25) is 0 Å². The van der Waals surface area contributed by atoms with Crippen molar-refractivity contribution in [2.45, 2.75) is 45.6 Å². The summed E-state index contributed by atoms with van der Waals surface area (Å²) in [5.41, 5.74) is 0.615. The molecular formula is C17H27NO3. The predicted molar refractivity (Wildman–Crippen MR) is 84.6 cm³/mol. The van der Waals surface area contributed by atoms with E-state index in [1.807, 2.05) is 26.0 Å². The van der Waals surface area contributed by atoms with E-state index < -0.39 is 5.54 Å². The van der Waals surface area contributed by atoms with Crippen LogP contribution < -0.4 is 10.1 Å². The molecule has 0 saturated carbocycles. The highest BCUT2D eigenvalue weighted by atomic mass is 16.5. The van der Waals surface area contributed by atoms with Gasteiger partial charge in [0.2, 0.25) is 0 Å². The third-order valence-electron chi connectivity index (χ3n) is 3.67. The van der Waals surface area contributed by atoms with Crippen molar-refractivity contribution in [2.75, 3.05) is 20.3 Å². The molecule has 4 heteroatoms. The lowest BCUT2D eigenvalue weighted by atomic mass is 9.96. The molecule has 21 heavy (non-hydrogen) atoms. The fourth-order valence-corrected chi connectivity index (χ4v) is 2.09. The molecule has 1 N–H and O–H groups in total. The lowest BCUT2D eigenvalue weighted by Gasteiger charge is -2.26. The molecule has 0 aliphatic rings. The van der Waals surface area contributed by atoms with E-state index in [-0.39, 0.29) is 5.97 Å². The fourth-order valence-electron chi connectivity index (χ4n) is 2.09. The average Bonchev–Trinajstić information content (AvgIpc) is 2.51. The molecule has 4 nitrogen and oxygen atoms in total. The first kappa shape index (κ1) is 17.5. The van der Waals surface area contributed by atoms with Crippen molar-refractivity contribution in [3.8, 4) is 5.75 Å². The highest BCUT2D eigenvalue weighted by molar-refractivity contribution is 5.80. The smallest absolute Gasteiger partial charge is 0.326 e. The Hall–Kier alpha value is -1.55. The van der Waals surface area contributed by atoms with Crippen molar-refractivity contribution >= 4 is 5.97 Å². The summed E-state index contributed by atoms with van der Waals surface area (Å²) in [5, 5.41) is 3.05. The zero-order valence-corrected chi connectivity index (χ0v) is 13.6. The molecule has 118 valence electrons. The van der Waals surface area contributed by atoms with E-state index in [0.717, 1.165) is 18.6 Å². The third kappa shape index (κ3) is 5.38. The van der Waals surface area contributed by atoms with Gasteiger partial charge in [0.1, 0.15) is 11.3 Å². The second-order valence-electron chi connectivity index (χ2n) is 5.26. The van der Waals surface area contributed by atoms with Gasteiger partial charge >= 0.3 is 5.97 Å². The van der Waals surface area contributed by atoms with E-state index in [1.165, 1.54) is 5.56 Å². The van der Waals surface area contributed by atoms with Gasteiger partial charge in [-0.2, -0.15) is 0 Å². The van der Waals surface area contributed by atoms with Gasteiger partial charge in [0.15, 0.2) is 0 Å². The number of rotatable bonds is 9. The van der Waals surface area contributed by atoms with E-state index in [1.54, 1.807) is 7.05 Å². The van der Waals surface area contributed by atoms with Crippen LogP contribution in [0.25, 0.3) is 0 Å². The van der Waals surface area contributed by atoms with Gasteiger partial charge in [0.25, 0.3) is 0 Å². The quantitative estimate of drug-likeness (QED) is 0.562. The minimum Gasteiger partial charge on any atom is -0.494 e. The molecule has 0 amide bonds. The van der Waals surface area contributed by atoms with Crippen LogP contribution in [0.3, 0.4) is 0 Å². The van der Waals surface area contributed by atoms with Crippen molar-refractivity contribution in [3.05, 3.63) is 29.8 Å². The number of nitrogens with one attached hydrogen (secondary N) is 1. The number of hydrogen-bond acceptors (Lipinski definition) is 4. The zero-order chi connectivity index (χ0) is 15.7. The Kier molecular flexibility index (Phi) is 7.23. The number of ether oxygens (including phenoxy) is 2. The molecule has 1 aromatic rings. The van der Waals surface area contributed by atoms with Crippen molar-refractivity contribution in [1.82, 2.24) is 5.32 Å². The summed E-state index contributed by atoms with van der Waals surface area (Å²) in [4.78, 5) is 11.9. The lowest BCUT2D eigenvalue weighted by Crippen LogP contribution is -2.48. The van der Waals surface area contributed by atoms with Crippen molar-refractivity contribution in [1.29, 1.82) is 0 Å². The molecule has 0 heterocycles. The zero-order valence-electron chi connectivity index (χ0n) is 13.6. The van der Waals surface area contributed by atoms with Crippen LogP contribution in [0.5, 0.6) is 5.75 Å². The van der Waals surface area contributed by atoms with Gasteiger partial charge in [0.05, 0.1) is 13.2 Å². The summed E-state index contributed by atoms with van der Waals surface area (Å²) in [5.74, 6) is 0.678. The van der Waals surface area contributed by atoms with Gasteiger partial charge in [-0.1, -0.05) is 19.1 Å². The second-order valence-corrected chi connectivity index (χ2v) is 5.26. The summed E-state index contributed by atoms with van der Waals surface area (Å²) in [7, 11) is 1.78. The number of hydrogen-bond donors (Lipinski definition) is 1. The Bertz CT molecular complexity index is 447. The predicted octanol–water partition coefficient (Wildman–Crippen LogP) is 2.95. The summed E-state index contributed by atoms with van der Waals surface area (Å²) < 4.78 is 10.8. The van der Waals surface area contributed by atoms with Crippen LogP contribution in [0.4, 0.5) is 0 Å². The van der Waals surface area contributed by atoms with Crippen molar-refractivity contribution in [3.63, 3.8) is 0 Å². The Morgan fingerprint density at radius 1 is 1.33 bits per heavy atom. The molecule has 0 fully saturated rings. The van der Waals surface area contributed by atoms with Gasteiger partial charge in [-0.15, -0.1) is 0 Å². The summed E-state index contributed by atoms with van der Waals surface area (Å²) in [6, 6.07) is 8.11. The number of esters is 1. The highest BCUT2D eigenvalue weighted by Crippen LogP contribution is 2.17. The molecule has 0 spiro atoms. The van der Waals surface area contributed by atoms with Crippen LogP contribution in [0.15, 0.2) is 24.3 Å². The van der Waals surface area contributed by atoms with Gasteiger partial charge < -0.3 is 14.8 Å². The highest BCUT2D eigenvalue weighted by Gasteiger charge is 2.32. The minimum atomic E-state index is -0.648. The van der Waals surface area contributed by atoms with Crippen LogP contribution in [-0.4, -0.2) is 31.8 Å². The van der Waals surface area contributed by atoms with Gasteiger partial charge in [-0.25, -0.2) is 0 Å². The van der Waals surface area contributed by atoms with Crippen molar-refractivity contribution < 1.29 is 14.3 Å². The standard InChI is InChI=1S/C17H27NO3/c1-5-14-9-7-10-15(13-14)21-12-8-11-17(3,18-4)16(19)20-6-2/h7,9-10,13,18H,5-6,8,11-12H2,1-4H3. The summed E-state index contributed by atoms with van der Waals surface area (Å²) >= 11 is 0. The van der Waals surface area contributed by atoms with Crippen molar-refractivity contribution in [2.24, 2.45) is 0 Å². The average molecular weight is 293 g/mol. The van der Waals surface area contributed by atoms with E-state index in [9.17, 15) is 4.79 Å². The normalized spacial score (nSPS) is 13.5. The molecule has 0 saturated heterocycles. The number of likely N-dealkylation sites (N-methyl/N-ethyl adjacent to an activating group) is 1. The van der Waals surface area contributed by atoms with E-state index >= 15 is 0 Å². The maximum atomic E-state index is 11.9. The minimum absolute atomic E-state index is 0.208. The summed E-state index contributed by atoms with van der Waals surface area (Å²) in [6.07, 6.45) is 2.46. The van der Waals surface area contributed by atoms with Crippen LogP contribution in [0, 0.1) is 0 Å². The number of aryl methyl sites for hydroxylation is 1. The first-order valence-electron chi connectivity index (χ1n) is 7.63. The first-order valence-corrected chi connectivity index (χ1v) is 7.63. The molecule has 1 atom stereocenters. The van der Waals surface area contributed by atoms with E-state index in [2.05, 4.69) is 24.4 Å². The molecular weight excluding hydrogens is 266 g/mol. The largest absolute Gasteiger partial charge is 0.494 e. The topological polar surface area (TPSA) is 47.6 Å². The second kappa shape index (κ2) is 8.67. The molecule has 1 rings (SSSR count). The Balaban J connectivity index is 2.42. The molecule has 0 aliphatic heterocycles. The Morgan fingerprint density at radius 2 is 2.10 bits per heavy atom. The third-order valence-corrected chi connectivity index (χ3v) is 3.67. The molecule has 1 unspecified atom stereocenters. The van der Waals surface area contributed by atoms with Crippen LogP contribution in [0.1, 0.15) is 39.2 Å². The maximum absolute atomic E-state index is 11.9. The molecule has 0 radical (unpaired) electrons. The molecule has 0 aromatic heterocycles. The monoisotopic (exact) mass is 293 g/mol. The molecule has 0 aliphatic carbocycles. The molecule has 1 aromatic carbocycles. The fraction of sp³-hybridized carbons (Fsp3) is 0.588. The first-order chi connectivity index (χ1) is 10.1. The van der Waals surface area contributed by atoms with Gasteiger partial charge in [0, 0.05) is 0 Å². The number of carbonyl (C=O) groups excluding carboxylic acids is 1. The number of carbonyl (C=O) groups is 1. The summed E-state index contributed by atoms with van der Waals surface area (Å²) in [6.45, 7) is 6.79. The molecule has 0 bridgehead atoms. The van der Waals surface area contributed by atoms with E-state index in [4.69, 9.17) is 9.47 Å². The maximum Gasteiger partial charge on any atom is 0.326 e. The Morgan fingerprint density at radius 3 is 2.71 bits per heavy atom.